The summed E-state index contributed by atoms with van der Waals surface area (Å²) in [5.74, 6) is -2.76. The first-order valence-electron chi connectivity index (χ1n) is 7.70. The number of benzene rings is 1. The lowest BCUT2D eigenvalue weighted by Crippen LogP contribution is -2.45. The van der Waals surface area contributed by atoms with Crippen LogP contribution in [0.2, 0.25) is 0 Å². The van der Waals surface area contributed by atoms with Gasteiger partial charge in [-0.15, -0.1) is 0 Å². The fourth-order valence-electron chi connectivity index (χ4n) is 2.41. The normalized spacial score (nSPS) is 14.2. The molecule has 1 rings (SSSR count). The molecule has 0 radical (unpaired) electrons. The maximum atomic E-state index is 12.4. The highest BCUT2D eigenvalue weighted by Gasteiger charge is 2.30. The Morgan fingerprint density at radius 1 is 1.17 bits per heavy atom. The molecule has 8 heteroatoms. The minimum absolute atomic E-state index is 0.0563. The lowest BCUT2D eigenvalue weighted by atomic mass is 9.98. The van der Waals surface area contributed by atoms with E-state index in [0.29, 0.717) is 0 Å². The van der Waals surface area contributed by atoms with E-state index in [0.717, 1.165) is 5.56 Å². The van der Waals surface area contributed by atoms with Crippen molar-refractivity contribution in [2.45, 2.75) is 32.7 Å². The molecule has 0 aliphatic heterocycles. The SMILES string of the molecule is CC(C)C[C@H](NC(=O)C(Cc1ccccc1)CP(=O)(O)O)C(=O)O. The average Bonchev–Trinajstić information content (AvgIpc) is 2.45. The summed E-state index contributed by atoms with van der Waals surface area (Å²) >= 11 is 0. The van der Waals surface area contributed by atoms with E-state index < -0.39 is 37.6 Å². The first-order valence-corrected chi connectivity index (χ1v) is 9.50. The van der Waals surface area contributed by atoms with E-state index in [1.807, 2.05) is 13.8 Å². The number of carbonyl (C=O) groups is 2. The smallest absolute Gasteiger partial charge is 0.326 e. The number of aliphatic carboxylic acids is 1. The van der Waals surface area contributed by atoms with Crippen molar-refractivity contribution in [2.24, 2.45) is 11.8 Å². The number of carboxylic acid groups (broad SMARTS) is 1. The lowest BCUT2D eigenvalue weighted by Gasteiger charge is -2.22. The first-order chi connectivity index (χ1) is 11.1. The standard InChI is InChI=1S/C16H24NO6P/c1-11(2)8-14(16(19)20)17-15(18)13(10-24(21,22)23)9-12-6-4-3-5-7-12/h3-7,11,13-14H,8-10H2,1-2H3,(H,17,18)(H,19,20)(H2,21,22,23)/t13?,14-/m0/s1. The van der Waals surface area contributed by atoms with Gasteiger partial charge in [-0.2, -0.15) is 0 Å². The molecule has 7 nitrogen and oxygen atoms in total. The second-order valence-electron chi connectivity index (χ2n) is 6.26. The highest BCUT2D eigenvalue weighted by atomic mass is 31.2. The molecule has 0 aromatic heterocycles. The van der Waals surface area contributed by atoms with Crippen LogP contribution in [0, 0.1) is 11.8 Å². The summed E-state index contributed by atoms with van der Waals surface area (Å²) in [5.41, 5.74) is 0.752. The lowest BCUT2D eigenvalue weighted by molar-refractivity contribution is -0.142. The van der Waals surface area contributed by atoms with Gasteiger partial charge in [0.05, 0.1) is 12.1 Å². The van der Waals surface area contributed by atoms with Crippen molar-refractivity contribution in [3.8, 4) is 0 Å². The molecule has 4 N–H and O–H groups in total. The number of amides is 1. The van der Waals surface area contributed by atoms with Gasteiger partial charge >= 0.3 is 13.6 Å². The molecule has 0 saturated carbocycles. The molecule has 2 atom stereocenters. The molecule has 0 saturated heterocycles. The maximum absolute atomic E-state index is 12.4. The average molecular weight is 357 g/mol. The monoisotopic (exact) mass is 357 g/mol. The molecule has 0 aliphatic rings. The summed E-state index contributed by atoms with van der Waals surface area (Å²) < 4.78 is 11.3. The summed E-state index contributed by atoms with van der Waals surface area (Å²) in [7, 11) is -4.42. The summed E-state index contributed by atoms with van der Waals surface area (Å²) in [6.45, 7) is 3.67. The van der Waals surface area contributed by atoms with Crippen LogP contribution >= 0.6 is 7.60 Å². The zero-order valence-electron chi connectivity index (χ0n) is 13.8. The zero-order chi connectivity index (χ0) is 18.3. The largest absolute Gasteiger partial charge is 0.480 e. The van der Waals surface area contributed by atoms with Crippen molar-refractivity contribution in [3.63, 3.8) is 0 Å². The third-order valence-corrected chi connectivity index (χ3v) is 4.39. The van der Waals surface area contributed by atoms with Crippen molar-refractivity contribution in [3.05, 3.63) is 35.9 Å². The number of hydrogen-bond donors (Lipinski definition) is 4. The van der Waals surface area contributed by atoms with Gasteiger partial charge in [-0.1, -0.05) is 44.2 Å². The van der Waals surface area contributed by atoms with E-state index in [-0.39, 0.29) is 18.8 Å². The van der Waals surface area contributed by atoms with Crippen LogP contribution in [0.1, 0.15) is 25.8 Å². The van der Waals surface area contributed by atoms with Gasteiger partial charge in [-0.25, -0.2) is 4.79 Å². The minimum atomic E-state index is -4.42. The first kappa shape index (κ1) is 20.4. The molecule has 1 aromatic rings. The number of carboxylic acids is 1. The zero-order valence-corrected chi connectivity index (χ0v) is 14.6. The van der Waals surface area contributed by atoms with Gasteiger partial charge in [0.1, 0.15) is 6.04 Å². The van der Waals surface area contributed by atoms with Gasteiger partial charge in [0, 0.05) is 0 Å². The Hall–Kier alpha value is -1.69. The summed E-state index contributed by atoms with van der Waals surface area (Å²) in [4.78, 5) is 42.1. The van der Waals surface area contributed by atoms with Crippen LogP contribution in [0.15, 0.2) is 30.3 Å². The quantitative estimate of drug-likeness (QED) is 0.498. The van der Waals surface area contributed by atoms with Gasteiger partial charge in [0.15, 0.2) is 0 Å². The maximum Gasteiger partial charge on any atom is 0.326 e. The van der Waals surface area contributed by atoms with Crippen molar-refractivity contribution in [1.82, 2.24) is 5.32 Å². The van der Waals surface area contributed by atoms with Gasteiger partial charge in [-0.05, 0) is 24.3 Å². The molecule has 0 bridgehead atoms. The van der Waals surface area contributed by atoms with E-state index in [1.165, 1.54) is 0 Å². The third-order valence-electron chi connectivity index (χ3n) is 3.48. The number of carbonyl (C=O) groups excluding carboxylic acids is 1. The van der Waals surface area contributed by atoms with E-state index in [4.69, 9.17) is 0 Å². The van der Waals surface area contributed by atoms with Crippen molar-refractivity contribution < 1.29 is 29.0 Å². The molecular weight excluding hydrogens is 333 g/mol. The van der Waals surface area contributed by atoms with Gasteiger partial charge in [0.25, 0.3) is 0 Å². The van der Waals surface area contributed by atoms with E-state index in [9.17, 15) is 29.0 Å². The Labute approximate surface area is 141 Å². The Balaban J connectivity index is 2.90. The van der Waals surface area contributed by atoms with Gasteiger partial charge < -0.3 is 20.2 Å². The fourth-order valence-corrected chi connectivity index (χ4v) is 3.28. The molecule has 1 unspecified atom stereocenters. The van der Waals surface area contributed by atoms with Crippen LogP contribution in [0.3, 0.4) is 0 Å². The second kappa shape index (κ2) is 8.97. The van der Waals surface area contributed by atoms with Gasteiger partial charge in [-0.3, -0.25) is 9.36 Å². The molecule has 0 aliphatic carbocycles. The Bertz CT molecular complexity index is 598. The van der Waals surface area contributed by atoms with Crippen LogP contribution in [0.4, 0.5) is 0 Å². The van der Waals surface area contributed by atoms with Crippen LogP contribution in [0.5, 0.6) is 0 Å². The highest BCUT2D eigenvalue weighted by Crippen LogP contribution is 2.37. The van der Waals surface area contributed by atoms with E-state index >= 15 is 0 Å². The number of hydrogen-bond acceptors (Lipinski definition) is 3. The molecule has 134 valence electrons. The Kier molecular flexibility index (Phi) is 7.60. The van der Waals surface area contributed by atoms with Crippen molar-refractivity contribution in [1.29, 1.82) is 0 Å². The van der Waals surface area contributed by atoms with Crippen molar-refractivity contribution >= 4 is 19.5 Å². The van der Waals surface area contributed by atoms with Crippen LogP contribution in [0.25, 0.3) is 0 Å². The predicted molar refractivity (Wildman–Crippen MR) is 89.6 cm³/mol. The molecule has 0 spiro atoms. The van der Waals surface area contributed by atoms with Crippen molar-refractivity contribution in [2.75, 3.05) is 6.16 Å². The number of nitrogens with one attached hydrogen (secondary N) is 1. The fraction of sp³-hybridized carbons (Fsp3) is 0.500. The summed E-state index contributed by atoms with van der Waals surface area (Å²) in [6.07, 6.45) is -0.247. The minimum Gasteiger partial charge on any atom is -0.480 e. The summed E-state index contributed by atoms with van der Waals surface area (Å²) in [6, 6.07) is 7.75. The third kappa shape index (κ3) is 7.73. The Morgan fingerprint density at radius 2 is 1.75 bits per heavy atom. The number of rotatable bonds is 9. The van der Waals surface area contributed by atoms with E-state index in [1.54, 1.807) is 30.3 Å². The van der Waals surface area contributed by atoms with Crippen LogP contribution < -0.4 is 5.32 Å². The van der Waals surface area contributed by atoms with Crippen LogP contribution in [-0.2, 0) is 20.6 Å². The Morgan fingerprint density at radius 3 is 2.21 bits per heavy atom. The molecular formula is C16H24NO6P. The van der Waals surface area contributed by atoms with Gasteiger partial charge in [0.2, 0.25) is 5.91 Å². The topological polar surface area (TPSA) is 124 Å². The highest BCUT2D eigenvalue weighted by molar-refractivity contribution is 7.51. The van der Waals surface area contributed by atoms with Crippen LogP contribution in [-0.4, -0.2) is 39.0 Å². The second-order valence-corrected chi connectivity index (χ2v) is 7.96. The van der Waals surface area contributed by atoms with E-state index in [2.05, 4.69) is 5.32 Å². The molecule has 1 aromatic carbocycles. The molecule has 0 fully saturated rings. The summed E-state index contributed by atoms with van der Waals surface area (Å²) in [5, 5.41) is 11.6. The molecule has 0 heterocycles. The predicted octanol–water partition coefficient (Wildman–Crippen LogP) is 1.64. The molecule has 1 amide bonds. The molecule has 24 heavy (non-hydrogen) atoms.